The SMILES string of the molecule is CC(=O)C1=C(O)C(=O)N(CCN(C)C)[C@@H]1c1ccc(C(C)C)cc1. The van der Waals surface area contributed by atoms with E-state index in [0.717, 1.165) is 5.56 Å². The number of nitrogens with zero attached hydrogens (tertiary/aromatic N) is 2. The smallest absolute Gasteiger partial charge is 0.290 e. The molecule has 1 aromatic carbocycles. The maximum atomic E-state index is 12.4. The number of carbonyl (C=O) groups excluding carboxylic acids is 2. The molecule has 0 radical (unpaired) electrons. The van der Waals surface area contributed by atoms with Crippen LogP contribution in [0, 0.1) is 0 Å². The van der Waals surface area contributed by atoms with Crippen molar-refractivity contribution in [2.75, 3.05) is 27.2 Å². The lowest BCUT2D eigenvalue weighted by atomic mass is 9.94. The number of hydrogen-bond donors (Lipinski definition) is 1. The molecule has 2 rings (SSSR count). The molecule has 1 aromatic rings. The summed E-state index contributed by atoms with van der Waals surface area (Å²) >= 11 is 0. The van der Waals surface area contributed by atoms with Crippen LogP contribution >= 0.6 is 0 Å². The van der Waals surface area contributed by atoms with Crippen LogP contribution in [0.15, 0.2) is 35.6 Å². The first kappa shape index (κ1) is 18.2. The van der Waals surface area contributed by atoms with Crippen molar-refractivity contribution in [3.8, 4) is 0 Å². The van der Waals surface area contributed by atoms with Crippen molar-refractivity contribution in [3.63, 3.8) is 0 Å². The Morgan fingerprint density at radius 3 is 2.29 bits per heavy atom. The molecule has 0 bridgehead atoms. The average molecular weight is 330 g/mol. The van der Waals surface area contributed by atoms with Crippen molar-refractivity contribution in [2.24, 2.45) is 0 Å². The fourth-order valence-electron chi connectivity index (χ4n) is 2.96. The largest absolute Gasteiger partial charge is 0.503 e. The van der Waals surface area contributed by atoms with E-state index in [9.17, 15) is 14.7 Å². The third-order valence-electron chi connectivity index (χ3n) is 4.39. The summed E-state index contributed by atoms with van der Waals surface area (Å²) in [6.45, 7) is 6.73. The minimum atomic E-state index is -0.517. The van der Waals surface area contributed by atoms with Gasteiger partial charge in [-0.05, 0) is 38.1 Å². The van der Waals surface area contributed by atoms with Crippen LogP contribution in [0.4, 0.5) is 0 Å². The van der Waals surface area contributed by atoms with E-state index in [0.29, 0.717) is 19.0 Å². The summed E-state index contributed by atoms with van der Waals surface area (Å²) in [4.78, 5) is 28.0. The molecule has 24 heavy (non-hydrogen) atoms. The highest BCUT2D eigenvalue weighted by atomic mass is 16.3. The molecular formula is C19H26N2O3. The van der Waals surface area contributed by atoms with Crippen LogP contribution in [0.3, 0.4) is 0 Å². The molecule has 1 aliphatic heterocycles. The molecule has 1 N–H and O–H groups in total. The number of ketones is 1. The van der Waals surface area contributed by atoms with Gasteiger partial charge in [0.15, 0.2) is 11.5 Å². The van der Waals surface area contributed by atoms with Gasteiger partial charge in [-0.3, -0.25) is 9.59 Å². The number of benzene rings is 1. The normalized spacial score (nSPS) is 18.2. The summed E-state index contributed by atoms with van der Waals surface area (Å²) in [5.41, 5.74) is 2.23. The van der Waals surface area contributed by atoms with E-state index in [-0.39, 0.29) is 11.4 Å². The van der Waals surface area contributed by atoms with Crippen molar-refractivity contribution in [2.45, 2.75) is 32.7 Å². The van der Waals surface area contributed by atoms with Crippen LogP contribution in [0.1, 0.15) is 43.9 Å². The Morgan fingerprint density at radius 1 is 1.25 bits per heavy atom. The second-order valence-electron chi connectivity index (χ2n) is 6.84. The number of hydrogen-bond acceptors (Lipinski definition) is 4. The molecule has 0 unspecified atom stereocenters. The summed E-state index contributed by atoms with van der Waals surface area (Å²) in [5.74, 6) is -0.754. The fourth-order valence-corrected chi connectivity index (χ4v) is 2.96. The highest BCUT2D eigenvalue weighted by Gasteiger charge is 2.42. The van der Waals surface area contributed by atoms with Gasteiger partial charge in [0, 0.05) is 13.1 Å². The van der Waals surface area contributed by atoms with E-state index in [2.05, 4.69) is 13.8 Å². The van der Waals surface area contributed by atoms with E-state index >= 15 is 0 Å². The van der Waals surface area contributed by atoms with E-state index < -0.39 is 17.7 Å². The molecule has 0 aromatic heterocycles. The molecule has 1 amide bonds. The summed E-state index contributed by atoms with van der Waals surface area (Å²) in [6, 6.07) is 7.40. The number of aliphatic hydroxyl groups excluding tert-OH is 1. The zero-order valence-electron chi connectivity index (χ0n) is 15.0. The summed E-state index contributed by atoms with van der Waals surface area (Å²) in [6.07, 6.45) is 0. The summed E-state index contributed by atoms with van der Waals surface area (Å²) in [5, 5.41) is 10.2. The maximum Gasteiger partial charge on any atom is 0.290 e. The van der Waals surface area contributed by atoms with Crippen LogP contribution in [-0.2, 0) is 9.59 Å². The first-order valence-electron chi connectivity index (χ1n) is 8.23. The maximum absolute atomic E-state index is 12.4. The van der Waals surface area contributed by atoms with E-state index in [1.54, 1.807) is 4.90 Å². The molecule has 1 aliphatic rings. The summed E-state index contributed by atoms with van der Waals surface area (Å²) < 4.78 is 0. The second kappa shape index (κ2) is 7.18. The number of carbonyl (C=O) groups is 2. The van der Waals surface area contributed by atoms with Gasteiger partial charge in [-0.1, -0.05) is 38.1 Å². The Morgan fingerprint density at radius 2 is 1.83 bits per heavy atom. The van der Waals surface area contributed by atoms with Crippen molar-refractivity contribution in [1.29, 1.82) is 0 Å². The monoisotopic (exact) mass is 330 g/mol. The molecule has 1 atom stereocenters. The molecular weight excluding hydrogens is 304 g/mol. The molecule has 130 valence electrons. The summed E-state index contributed by atoms with van der Waals surface area (Å²) in [7, 11) is 3.85. The standard InChI is InChI=1S/C19H26N2O3/c1-12(2)14-6-8-15(9-7-14)17-16(13(3)22)18(23)19(24)21(17)11-10-20(4)5/h6-9,12,17,23H,10-11H2,1-5H3/t17-/m1/s1. The Balaban J connectivity index is 2.42. The van der Waals surface area contributed by atoms with Crippen LogP contribution in [0.5, 0.6) is 0 Å². The van der Waals surface area contributed by atoms with Gasteiger partial charge < -0.3 is 14.9 Å². The topological polar surface area (TPSA) is 60.9 Å². The number of aliphatic hydroxyl groups is 1. The van der Waals surface area contributed by atoms with Gasteiger partial charge in [0.1, 0.15) is 0 Å². The van der Waals surface area contributed by atoms with Crippen LogP contribution < -0.4 is 0 Å². The Kier molecular flexibility index (Phi) is 5.44. The highest BCUT2D eigenvalue weighted by Crippen LogP contribution is 2.37. The van der Waals surface area contributed by atoms with Gasteiger partial charge in [-0.25, -0.2) is 0 Å². The lowest BCUT2D eigenvalue weighted by molar-refractivity contribution is -0.129. The first-order valence-corrected chi connectivity index (χ1v) is 8.23. The van der Waals surface area contributed by atoms with Gasteiger partial charge >= 0.3 is 0 Å². The predicted octanol–water partition coefficient (Wildman–Crippen LogP) is 2.66. The van der Waals surface area contributed by atoms with Crippen LogP contribution in [0.25, 0.3) is 0 Å². The molecule has 0 fully saturated rings. The van der Waals surface area contributed by atoms with Crippen molar-refractivity contribution in [1.82, 2.24) is 9.80 Å². The Bertz CT molecular complexity index is 660. The zero-order chi connectivity index (χ0) is 18.0. The molecule has 0 aliphatic carbocycles. The minimum absolute atomic E-state index is 0.191. The molecule has 0 saturated heterocycles. The quantitative estimate of drug-likeness (QED) is 0.871. The lowest BCUT2D eigenvalue weighted by Gasteiger charge is -2.28. The Labute approximate surface area is 143 Å². The molecule has 1 heterocycles. The van der Waals surface area contributed by atoms with Gasteiger partial charge in [0.25, 0.3) is 5.91 Å². The minimum Gasteiger partial charge on any atom is -0.503 e. The van der Waals surface area contributed by atoms with Crippen LogP contribution in [0.2, 0.25) is 0 Å². The third-order valence-corrected chi connectivity index (χ3v) is 4.39. The number of amides is 1. The average Bonchev–Trinajstić information content (AvgIpc) is 2.77. The zero-order valence-corrected chi connectivity index (χ0v) is 15.0. The van der Waals surface area contributed by atoms with Crippen molar-refractivity contribution >= 4 is 11.7 Å². The molecule has 5 nitrogen and oxygen atoms in total. The Hall–Kier alpha value is -2.14. The number of Topliss-reactive ketones (excluding diaryl/α,β-unsaturated/α-hetero) is 1. The lowest BCUT2D eigenvalue weighted by Crippen LogP contribution is -2.36. The van der Waals surface area contributed by atoms with E-state index in [1.165, 1.54) is 12.5 Å². The van der Waals surface area contributed by atoms with Crippen molar-refractivity contribution < 1.29 is 14.7 Å². The van der Waals surface area contributed by atoms with Crippen molar-refractivity contribution in [3.05, 3.63) is 46.7 Å². The molecule has 0 saturated carbocycles. The number of rotatable bonds is 6. The van der Waals surface area contributed by atoms with E-state index in [1.807, 2.05) is 43.3 Å². The predicted molar refractivity (Wildman–Crippen MR) is 93.9 cm³/mol. The first-order chi connectivity index (χ1) is 11.2. The van der Waals surface area contributed by atoms with Gasteiger partial charge in [0.2, 0.25) is 0 Å². The van der Waals surface area contributed by atoms with Crippen LogP contribution in [-0.4, -0.2) is 53.8 Å². The van der Waals surface area contributed by atoms with Gasteiger partial charge in [-0.15, -0.1) is 0 Å². The third kappa shape index (κ3) is 3.51. The fraction of sp³-hybridized carbons (Fsp3) is 0.474. The van der Waals surface area contributed by atoms with Gasteiger partial charge in [0.05, 0.1) is 11.6 Å². The van der Waals surface area contributed by atoms with E-state index in [4.69, 9.17) is 0 Å². The second-order valence-corrected chi connectivity index (χ2v) is 6.84. The highest BCUT2D eigenvalue weighted by molar-refractivity contribution is 6.08. The molecule has 0 spiro atoms. The number of likely N-dealkylation sites (N-methyl/N-ethyl adjacent to an activating group) is 1. The van der Waals surface area contributed by atoms with Gasteiger partial charge in [-0.2, -0.15) is 0 Å². The molecule has 5 heteroatoms.